The van der Waals surface area contributed by atoms with E-state index in [9.17, 15) is 15.2 Å². The SMILES string of the molecule is CN1CCN(c2ccc([N+](=O)[O-])cc2)C[C@@H]1CO. The Bertz CT molecular complexity index is 421. The smallest absolute Gasteiger partial charge is 0.269 e. The lowest BCUT2D eigenvalue weighted by atomic mass is 10.1. The second-order valence-corrected chi connectivity index (χ2v) is 4.54. The Morgan fingerprint density at radius 3 is 2.61 bits per heavy atom. The van der Waals surface area contributed by atoms with Gasteiger partial charge >= 0.3 is 0 Å². The summed E-state index contributed by atoms with van der Waals surface area (Å²) in [5.74, 6) is 0. The Morgan fingerprint density at radius 1 is 1.39 bits per heavy atom. The van der Waals surface area contributed by atoms with Crippen LogP contribution in [0.25, 0.3) is 0 Å². The van der Waals surface area contributed by atoms with Crippen LogP contribution in [-0.4, -0.2) is 54.3 Å². The maximum absolute atomic E-state index is 10.6. The van der Waals surface area contributed by atoms with Gasteiger partial charge in [0.05, 0.1) is 17.6 Å². The molecule has 0 radical (unpaired) electrons. The van der Waals surface area contributed by atoms with E-state index in [0.717, 1.165) is 25.3 Å². The number of piperazine rings is 1. The Labute approximate surface area is 106 Å². The number of rotatable bonds is 3. The van der Waals surface area contributed by atoms with Crippen LogP contribution < -0.4 is 4.90 Å². The molecule has 0 spiro atoms. The lowest BCUT2D eigenvalue weighted by molar-refractivity contribution is -0.384. The van der Waals surface area contributed by atoms with Crippen molar-refractivity contribution in [3.8, 4) is 0 Å². The first-order valence-electron chi connectivity index (χ1n) is 5.92. The van der Waals surface area contributed by atoms with E-state index in [4.69, 9.17) is 0 Å². The summed E-state index contributed by atoms with van der Waals surface area (Å²) < 4.78 is 0. The number of non-ortho nitro benzene ring substituents is 1. The molecule has 0 unspecified atom stereocenters. The van der Waals surface area contributed by atoms with Crippen molar-refractivity contribution in [1.82, 2.24) is 4.90 Å². The maximum atomic E-state index is 10.6. The highest BCUT2D eigenvalue weighted by molar-refractivity contribution is 5.51. The van der Waals surface area contributed by atoms with Crippen LogP contribution in [0.15, 0.2) is 24.3 Å². The molecule has 1 aliphatic heterocycles. The largest absolute Gasteiger partial charge is 0.395 e. The van der Waals surface area contributed by atoms with Crippen molar-refractivity contribution in [3.63, 3.8) is 0 Å². The van der Waals surface area contributed by atoms with E-state index >= 15 is 0 Å². The molecule has 0 aliphatic carbocycles. The number of nitrogens with zero attached hydrogens (tertiary/aromatic N) is 3. The molecule has 1 heterocycles. The van der Waals surface area contributed by atoms with Crippen LogP contribution in [-0.2, 0) is 0 Å². The van der Waals surface area contributed by atoms with E-state index in [0.29, 0.717) is 0 Å². The van der Waals surface area contributed by atoms with Crippen LogP contribution in [0.4, 0.5) is 11.4 Å². The zero-order valence-corrected chi connectivity index (χ0v) is 10.3. The Balaban J connectivity index is 2.09. The van der Waals surface area contributed by atoms with Crippen LogP contribution in [0.1, 0.15) is 0 Å². The number of anilines is 1. The van der Waals surface area contributed by atoms with Gasteiger partial charge in [-0.3, -0.25) is 15.0 Å². The summed E-state index contributed by atoms with van der Waals surface area (Å²) in [6.45, 7) is 2.61. The molecular weight excluding hydrogens is 234 g/mol. The van der Waals surface area contributed by atoms with Gasteiger partial charge in [-0.1, -0.05) is 0 Å². The fraction of sp³-hybridized carbons (Fsp3) is 0.500. The van der Waals surface area contributed by atoms with E-state index in [1.165, 1.54) is 12.1 Å². The number of aliphatic hydroxyl groups excluding tert-OH is 1. The minimum atomic E-state index is -0.399. The minimum Gasteiger partial charge on any atom is -0.395 e. The van der Waals surface area contributed by atoms with Crippen molar-refractivity contribution >= 4 is 11.4 Å². The molecule has 98 valence electrons. The van der Waals surface area contributed by atoms with Gasteiger partial charge in [-0.25, -0.2) is 0 Å². The maximum Gasteiger partial charge on any atom is 0.269 e. The summed E-state index contributed by atoms with van der Waals surface area (Å²) >= 11 is 0. The van der Waals surface area contributed by atoms with E-state index in [1.807, 2.05) is 7.05 Å². The molecule has 0 amide bonds. The van der Waals surface area contributed by atoms with Crippen molar-refractivity contribution in [2.45, 2.75) is 6.04 Å². The van der Waals surface area contributed by atoms with E-state index in [1.54, 1.807) is 12.1 Å². The van der Waals surface area contributed by atoms with Crippen molar-refractivity contribution in [2.75, 3.05) is 38.2 Å². The molecule has 18 heavy (non-hydrogen) atoms. The molecule has 1 aliphatic rings. The third-order valence-electron chi connectivity index (χ3n) is 3.41. The first-order valence-corrected chi connectivity index (χ1v) is 5.92. The number of benzene rings is 1. The van der Waals surface area contributed by atoms with Gasteiger partial charge in [0, 0.05) is 37.5 Å². The summed E-state index contributed by atoms with van der Waals surface area (Å²) in [4.78, 5) is 14.5. The fourth-order valence-corrected chi connectivity index (χ4v) is 2.16. The minimum absolute atomic E-state index is 0.103. The number of nitro groups is 1. The Kier molecular flexibility index (Phi) is 3.78. The van der Waals surface area contributed by atoms with Gasteiger partial charge in [-0.15, -0.1) is 0 Å². The monoisotopic (exact) mass is 251 g/mol. The molecule has 1 atom stereocenters. The zero-order valence-electron chi connectivity index (χ0n) is 10.3. The molecule has 6 heteroatoms. The molecule has 0 saturated carbocycles. The standard InChI is InChI=1S/C12H17N3O3/c1-13-6-7-14(8-12(13)9-16)10-2-4-11(5-3-10)15(17)18/h2-5,12,16H,6-9H2,1H3/t12-/m1/s1. The van der Waals surface area contributed by atoms with Crippen LogP contribution >= 0.6 is 0 Å². The molecule has 1 aromatic carbocycles. The topological polar surface area (TPSA) is 69.9 Å². The van der Waals surface area contributed by atoms with Gasteiger partial charge in [0.1, 0.15) is 0 Å². The van der Waals surface area contributed by atoms with Crippen LogP contribution in [0.3, 0.4) is 0 Å². The molecule has 0 aromatic heterocycles. The highest BCUT2D eigenvalue weighted by atomic mass is 16.6. The van der Waals surface area contributed by atoms with Crippen molar-refractivity contribution < 1.29 is 10.0 Å². The molecule has 1 aromatic rings. The van der Waals surface area contributed by atoms with E-state index < -0.39 is 4.92 Å². The normalized spacial score (nSPS) is 21.0. The summed E-state index contributed by atoms with van der Waals surface area (Å²) in [5, 5.41) is 19.9. The third-order valence-corrected chi connectivity index (χ3v) is 3.41. The van der Waals surface area contributed by atoms with E-state index in [-0.39, 0.29) is 18.3 Å². The predicted molar refractivity (Wildman–Crippen MR) is 68.8 cm³/mol. The first kappa shape index (κ1) is 12.8. The van der Waals surface area contributed by atoms with E-state index in [2.05, 4.69) is 9.80 Å². The summed E-state index contributed by atoms with van der Waals surface area (Å²) in [7, 11) is 1.99. The zero-order chi connectivity index (χ0) is 13.1. The van der Waals surface area contributed by atoms with Gasteiger partial charge < -0.3 is 10.0 Å². The summed E-state index contributed by atoms with van der Waals surface area (Å²) in [6, 6.07) is 6.67. The fourth-order valence-electron chi connectivity index (χ4n) is 2.16. The number of hydrogen-bond acceptors (Lipinski definition) is 5. The van der Waals surface area contributed by atoms with Gasteiger partial charge in [0.25, 0.3) is 5.69 Å². The Morgan fingerprint density at radius 2 is 2.06 bits per heavy atom. The Hall–Kier alpha value is -1.66. The quantitative estimate of drug-likeness (QED) is 0.633. The van der Waals surface area contributed by atoms with Crippen LogP contribution in [0.5, 0.6) is 0 Å². The molecule has 1 fully saturated rings. The molecule has 1 N–H and O–H groups in total. The number of nitro benzene ring substituents is 1. The summed E-state index contributed by atoms with van der Waals surface area (Å²) in [5.41, 5.74) is 1.07. The van der Waals surface area contributed by atoms with Crippen LogP contribution in [0.2, 0.25) is 0 Å². The van der Waals surface area contributed by atoms with Gasteiger partial charge in [0.15, 0.2) is 0 Å². The number of hydrogen-bond donors (Lipinski definition) is 1. The summed E-state index contributed by atoms with van der Waals surface area (Å²) in [6.07, 6.45) is 0. The predicted octanol–water partition coefficient (Wildman–Crippen LogP) is 0.708. The second kappa shape index (κ2) is 5.32. The molecule has 2 rings (SSSR count). The molecule has 1 saturated heterocycles. The lowest BCUT2D eigenvalue weighted by Gasteiger charge is -2.39. The van der Waals surface area contributed by atoms with Gasteiger partial charge in [-0.2, -0.15) is 0 Å². The van der Waals surface area contributed by atoms with Crippen LogP contribution in [0, 0.1) is 10.1 Å². The molecule has 0 bridgehead atoms. The molecule has 6 nitrogen and oxygen atoms in total. The second-order valence-electron chi connectivity index (χ2n) is 4.54. The average Bonchev–Trinajstić information content (AvgIpc) is 2.39. The number of aliphatic hydroxyl groups is 1. The lowest BCUT2D eigenvalue weighted by Crippen LogP contribution is -2.53. The number of likely N-dealkylation sites (N-methyl/N-ethyl adjacent to an activating group) is 1. The van der Waals surface area contributed by atoms with Crippen molar-refractivity contribution in [2.24, 2.45) is 0 Å². The first-order chi connectivity index (χ1) is 8.61. The molecular formula is C12H17N3O3. The van der Waals surface area contributed by atoms with Crippen molar-refractivity contribution in [1.29, 1.82) is 0 Å². The highest BCUT2D eigenvalue weighted by Crippen LogP contribution is 2.21. The highest BCUT2D eigenvalue weighted by Gasteiger charge is 2.23. The van der Waals surface area contributed by atoms with Crippen molar-refractivity contribution in [3.05, 3.63) is 34.4 Å². The average molecular weight is 251 g/mol. The van der Waals surface area contributed by atoms with Gasteiger partial charge in [-0.05, 0) is 19.2 Å². The third kappa shape index (κ3) is 2.60. The van der Waals surface area contributed by atoms with Gasteiger partial charge in [0.2, 0.25) is 0 Å².